The van der Waals surface area contributed by atoms with Crippen LogP contribution in [0.5, 0.6) is 0 Å². The Morgan fingerprint density at radius 3 is 1.40 bits per heavy atom. The van der Waals surface area contributed by atoms with Crippen molar-refractivity contribution in [2.24, 2.45) is 0 Å². The molecule has 0 saturated heterocycles. The van der Waals surface area contributed by atoms with Gasteiger partial charge in [0.2, 0.25) is 0 Å². The van der Waals surface area contributed by atoms with Crippen molar-refractivity contribution in [3.8, 4) is 0 Å². The van der Waals surface area contributed by atoms with Gasteiger partial charge in [0.05, 0.1) is 21.9 Å². The van der Waals surface area contributed by atoms with Gasteiger partial charge >= 0.3 is 0 Å². The Balaban J connectivity index is 2.83. The molecule has 2 nitrogen and oxygen atoms in total. The first-order valence-electron chi connectivity index (χ1n) is 9.04. The maximum Gasteiger partial charge on any atom is 0.0907 e. The minimum Gasteiger partial charge on any atom is -0.244 e. The van der Waals surface area contributed by atoms with Crippen LogP contribution in [0.4, 0.5) is 0 Å². The number of hydrogen-bond donors (Lipinski definition) is 0. The fourth-order valence-electron chi connectivity index (χ4n) is 3.32. The molecule has 1 aromatic heterocycles. The molecule has 0 aliphatic rings. The molecule has 0 aliphatic carbocycles. The van der Waals surface area contributed by atoms with Crippen LogP contribution in [0, 0.1) is 0 Å². The Morgan fingerprint density at radius 1 is 0.640 bits per heavy atom. The first-order chi connectivity index (χ1) is 11.2. The van der Waals surface area contributed by atoms with E-state index in [2.05, 4.69) is 93.2 Å². The molecule has 0 bridgehead atoms. The van der Waals surface area contributed by atoms with E-state index in [1.807, 2.05) is 0 Å². The van der Waals surface area contributed by atoms with Crippen molar-refractivity contribution in [1.29, 1.82) is 0 Å². The lowest BCUT2D eigenvalue weighted by atomic mass is 10.2. The van der Waals surface area contributed by atoms with Crippen molar-refractivity contribution in [1.82, 2.24) is 9.97 Å². The lowest BCUT2D eigenvalue weighted by Crippen LogP contribution is -2.41. The summed E-state index contributed by atoms with van der Waals surface area (Å²) in [6, 6.07) is 8.32. The van der Waals surface area contributed by atoms with Crippen LogP contribution in [0.3, 0.4) is 0 Å². The fourth-order valence-corrected chi connectivity index (χ4v) is 9.05. The standard InChI is InChI=1S/C21H34N2P2/c1-19(2,3)24(10)17-18(25(20(4,5)6)21(7,8)9)23-16-14-12-11-13-15(16)22-17/h11-14H,1-10H3/t24-/m1/s1. The third-order valence-electron chi connectivity index (χ3n) is 4.41. The summed E-state index contributed by atoms with van der Waals surface area (Å²) < 4.78 is 0. The molecule has 0 N–H and O–H groups in total. The van der Waals surface area contributed by atoms with E-state index < -0.39 is 15.8 Å². The van der Waals surface area contributed by atoms with Gasteiger partial charge in [-0.05, 0) is 42.2 Å². The second kappa shape index (κ2) is 6.86. The van der Waals surface area contributed by atoms with Crippen molar-refractivity contribution >= 4 is 37.7 Å². The van der Waals surface area contributed by atoms with Gasteiger partial charge in [-0.15, -0.1) is 0 Å². The van der Waals surface area contributed by atoms with E-state index in [0.29, 0.717) is 0 Å². The second-order valence-electron chi connectivity index (χ2n) is 9.77. The summed E-state index contributed by atoms with van der Waals surface area (Å²) in [5, 5.41) is 0.596. The quantitative estimate of drug-likeness (QED) is 0.613. The summed E-state index contributed by atoms with van der Waals surface area (Å²) in [6.45, 7) is 23.5. The van der Waals surface area contributed by atoms with Crippen molar-refractivity contribution < 1.29 is 0 Å². The van der Waals surface area contributed by atoms with Gasteiger partial charge in [-0.3, -0.25) is 0 Å². The van der Waals surface area contributed by atoms with E-state index in [1.54, 1.807) is 0 Å². The van der Waals surface area contributed by atoms with E-state index in [-0.39, 0.29) is 15.5 Å². The molecular weight excluding hydrogens is 342 g/mol. The van der Waals surface area contributed by atoms with Crippen molar-refractivity contribution in [3.05, 3.63) is 24.3 Å². The smallest absolute Gasteiger partial charge is 0.0907 e. The van der Waals surface area contributed by atoms with Crippen LogP contribution in [0.1, 0.15) is 62.3 Å². The normalized spacial score (nSPS) is 15.0. The monoisotopic (exact) mass is 376 g/mol. The van der Waals surface area contributed by atoms with Crippen molar-refractivity contribution in [2.75, 3.05) is 6.66 Å². The zero-order valence-electron chi connectivity index (χ0n) is 17.6. The van der Waals surface area contributed by atoms with Crippen LogP contribution in [-0.4, -0.2) is 32.1 Å². The Hall–Kier alpha value is -0.580. The average molecular weight is 376 g/mol. The number of fused-ring (bicyclic) bond motifs is 1. The third kappa shape index (κ3) is 4.58. The minimum atomic E-state index is -0.469. The Morgan fingerprint density at radius 2 is 1.04 bits per heavy atom. The van der Waals surface area contributed by atoms with Gasteiger partial charge in [-0.25, -0.2) is 9.97 Å². The van der Waals surface area contributed by atoms with E-state index in [9.17, 15) is 0 Å². The fraction of sp³-hybridized carbons (Fsp3) is 0.619. The molecule has 2 rings (SSSR count). The highest BCUT2D eigenvalue weighted by molar-refractivity contribution is 7.73. The van der Waals surface area contributed by atoms with Gasteiger partial charge in [-0.2, -0.15) is 0 Å². The van der Waals surface area contributed by atoms with Gasteiger partial charge in [0, 0.05) is 0 Å². The Bertz CT molecular complexity index is 735. The minimum absolute atomic E-state index is 0.188. The summed E-state index contributed by atoms with van der Waals surface area (Å²) in [6.07, 6.45) is 0. The van der Waals surface area contributed by atoms with Gasteiger partial charge < -0.3 is 0 Å². The highest BCUT2D eigenvalue weighted by Gasteiger charge is 2.40. The maximum absolute atomic E-state index is 5.23. The molecule has 0 aliphatic heterocycles. The summed E-state index contributed by atoms with van der Waals surface area (Å²) in [5.74, 6) is 0. The van der Waals surface area contributed by atoms with Crippen LogP contribution in [0.2, 0.25) is 0 Å². The van der Waals surface area contributed by atoms with E-state index >= 15 is 0 Å². The van der Waals surface area contributed by atoms with E-state index in [0.717, 1.165) is 11.0 Å². The number of nitrogens with zero attached hydrogens (tertiary/aromatic N) is 2. The maximum atomic E-state index is 5.23. The van der Waals surface area contributed by atoms with E-state index in [1.165, 1.54) is 10.9 Å². The molecule has 138 valence electrons. The molecule has 1 aromatic carbocycles. The summed E-state index contributed by atoms with van der Waals surface area (Å²) in [7, 11) is -0.864. The van der Waals surface area contributed by atoms with Crippen LogP contribution in [0.15, 0.2) is 24.3 Å². The van der Waals surface area contributed by atoms with Gasteiger partial charge in [0.25, 0.3) is 0 Å². The number of aromatic nitrogens is 2. The molecule has 1 atom stereocenters. The molecule has 4 heteroatoms. The zero-order valence-corrected chi connectivity index (χ0v) is 19.4. The summed E-state index contributed by atoms with van der Waals surface area (Å²) in [4.78, 5) is 10.4. The zero-order chi connectivity index (χ0) is 19.2. The first kappa shape index (κ1) is 20.7. The molecule has 25 heavy (non-hydrogen) atoms. The lowest BCUT2D eigenvalue weighted by molar-refractivity contribution is 0.714. The predicted molar refractivity (Wildman–Crippen MR) is 118 cm³/mol. The SMILES string of the molecule is C[P@](c1nc2ccccc2nc1P(C(C)(C)C)C(C)(C)C)C(C)(C)C. The molecular formula is C21H34N2P2. The highest BCUT2D eigenvalue weighted by Crippen LogP contribution is 2.59. The van der Waals surface area contributed by atoms with Crippen LogP contribution in [0.25, 0.3) is 11.0 Å². The van der Waals surface area contributed by atoms with Gasteiger partial charge in [0.15, 0.2) is 0 Å². The number of hydrogen-bond acceptors (Lipinski definition) is 2. The van der Waals surface area contributed by atoms with Gasteiger partial charge in [-0.1, -0.05) is 82.4 Å². The van der Waals surface area contributed by atoms with Crippen LogP contribution < -0.4 is 10.9 Å². The molecule has 0 radical (unpaired) electrons. The van der Waals surface area contributed by atoms with Crippen LogP contribution >= 0.6 is 15.8 Å². The van der Waals surface area contributed by atoms with Crippen molar-refractivity contribution in [2.45, 2.75) is 77.8 Å². The Kier molecular flexibility index (Phi) is 5.69. The number of benzene rings is 1. The first-order valence-corrected chi connectivity index (χ1v) is 12.2. The van der Waals surface area contributed by atoms with Crippen molar-refractivity contribution in [3.63, 3.8) is 0 Å². The molecule has 0 unspecified atom stereocenters. The molecule has 0 spiro atoms. The molecule has 0 amide bonds. The summed E-state index contributed by atoms with van der Waals surface area (Å²) in [5.41, 5.74) is 4.59. The van der Waals surface area contributed by atoms with Crippen LogP contribution in [-0.2, 0) is 0 Å². The molecule has 0 fully saturated rings. The lowest BCUT2D eigenvalue weighted by Gasteiger charge is -2.42. The van der Waals surface area contributed by atoms with E-state index in [4.69, 9.17) is 9.97 Å². The van der Waals surface area contributed by atoms with Gasteiger partial charge in [0.1, 0.15) is 0 Å². The Labute approximate surface area is 156 Å². The topological polar surface area (TPSA) is 25.8 Å². The number of rotatable bonds is 2. The average Bonchev–Trinajstić information content (AvgIpc) is 2.41. The predicted octanol–water partition coefficient (Wildman–Crippen LogP) is 5.87. The molecule has 2 aromatic rings. The third-order valence-corrected chi connectivity index (χ3v) is 11.0. The number of para-hydroxylation sites is 2. The second-order valence-corrected chi connectivity index (χ2v) is 16.4. The largest absolute Gasteiger partial charge is 0.244 e. The molecule has 1 heterocycles. The highest BCUT2D eigenvalue weighted by atomic mass is 31.1. The molecule has 0 saturated carbocycles. The summed E-state index contributed by atoms with van der Waals surface area (Å²) >= 11 is 0.